The molecule has 178 valence electrons. The second-order valence-electron chi connectivity index (χ2n) is 6.51. The molecule has 2 amide bonds. The monoisotopic (exact) mass is 512 g/mol. The van der Waals surface area contributed by atoms with Gasteiger partial charge in [0, 0.05) is 24.3 Å². The number of ether oxygens (including phenoxy) is 1. The van der Waals surface area contributed by atoms with Gasteiger partial charge >= 0.3 is 6.36 Å². The van der Waals surface area contributed by atoms with Crippen LogP contribution in [0.5, 0.6) is 5.75 Å². The molecule has 1 unspecified atom stereocenters. The first kappa shape index (κ1) is 25.3. The minimum absolute atomic E-state index is 0.128. The molecule has 34 heavy (non-hydrogen) atoms. The highest BCUT2D eigenvalue weighted by Gasteiger charge is 2.32. The maximum Gasteiger partial charge on any atom is 0.573 e. The molecule has 0 saturated carbocycles. The molecule has 0 aliphatic carbocycles. The number of amides is 2. The lowest BCUT2D eigenvalue weighted by Gasteiger charge is -2.19. The molecule has 1 aromatic carbocycles. The van der Waals surface area contributed by atoms with E-state index in [9.17, 15) is 22.8 Å². The molecule has 0 aliphatic rings. The highest BCUT2D eigenvalue weighted by molar-refractivity contribution is 7.99. The van der Waals surface area contributed by atoms with Crippen molar-refractivity contribution in [1.29, 1.82) is 0 Å². The van der Waals surface area contributed by atoms with Crippen molar-refractivity contribution >= 4 is 40.9 Å². The fourth-order valence-electron chi connectivity index (χ4n) is 2.66. The number of aliphatic hydroxyl groups is 1. The van der Waals surface area contributed by atoms with Crippen LogP contribution in [-0.4, -0.2) is 39.9 Å². The van der Waals surface area contributed by atoms with E-state index in [2.05, 4.69) is 25.3 Å². The second kappa shape index (κ2) is 11.2. The summed E-state index contributed by atoms with van der Waals surface area (Å²) in [4.78, 5) is 32.8. The third kappa shape index (κ3) is 7.07. The van der Waals surface area contributed by atoms with Crippen molar-refractivity contribution in [2.75, 3.05) is 11.9 Å². The zero-order chi connectivity index (χ0) is 24.7. The van der Waals surface area contributed by atoms with Crippen molar-refractivity contribution in [2.45, 2.75) is 16.8 Å². The number of pyridine rings is 2. The van der Waals surface area contributed by atoms with Gasteiger partial charge in [0.2, 0.25) is 5.91 Å². The molecule has 0 bridgehead atoms. The van der Waals surface area contributed by atoms with Gasteiger partial charge in [0.15, 0.2) is 0 Å². The van der Waals surface area contributed by atoms with Crippen LogP contribution in [0.3, 0.4) is 0 Å². The van der Waals surface area contributed by atoms with E-state index in [1.807, 2.05) is 0 Å². The Morgan fingerprint density at radius 1 is 1.15 bits per heavy atom. The molecule has 0 fully saturated rings. The van der Waals surface area contributed by atoms with E-state index >= 15 is 0 Å². The normalized spacial score (nSPS) is 12.0. The predicted octanol–water partition coefficient (Wildman–Crippen LogP) is 4.18. The van der Waals surface area contributed by atoms with Gasteiger partial charge in [-0.1, -0.05) is 23.4 Å². The maximum absolute atomic E-state index is 12.9. The number of anilines is 1. The van der Waals surface area contributed by atoms with Crippen LogP contribution in [0.4, 0.5) is 18.9 Å². The van der Waals surface area contributed by atoms with E-state index < -0.39 is 35.9 Å². The van der Waals surface area contributed by atoms with E-state index in [1.165, 1.54) is 36.8 Å². The van der Waals surface area contributed by atoms with Gasteiger partial charge in [0.25, 0.3) is 5.91 Å². The minimum Gasteiger partial charge on any atom is -0.404 e. The van der Waals surface area contributed by atoms with Crippen molar-refractivity contribution in [3.05, 3.63) is 77.2 Å². The number of halogens is 4. The van der Waals surface area contributed by atoms with Crippen LogP contribution in [0.1, 0.15) is 21.3 Å². The number of hydrogen-bond acceptors (Lipinski definition) is 7. The first-order chi connectivity index (χ1) is 16.2. The number of carbonyl (C=O) groups is 2. The van der Waals surface area contributed by atoms with Crippen LogP contribution in [0.2, 0.25) is 5.02 Å². The summed E-state index contributed by atoms with van der Waals surface area (Å²) in [5.41, 5.74) is 0.908. The van der Waals surface area contributed by atoms with Crippen LogP contribution in [0, 0.1) is 0 Å². The molecular weight excluding hydrogens is 497 g/mol. The summed E-state index contributed by atoms with van der Waals surface area (Å²) in [6.45, 7) is -0.730. The largest absolute Gasteiger partial charge is 0.573 e. The number of alkyl halides is 3. The van der Waals surface area contributed by atoms with E-state index in [0.717, 1.165) is 23.9 Å². The highest BCUT2D eigenvalue weighted by Crippen LogP contribution is 2.35. The Labute approximate surface area is 200 Å². The molecule has 0 spiro atoms. The van der Waals surface area contributed by atoms with Crippen LogP contribution in [-0.2, 0) is 4.79 Å². The van der Waals surface area contributed by atoms with Crippen molar-refractivity contribution in [2.24, 2.45) is 0 Å². The summed E-state index contributed by atoms with van der Waals surface area (Å²) in [5, 5.41) is 13.5. The SMILES string of the molecule is O=C(CO)NC(Sc1ncccc1C(=O)Nc1ccc(OC(F)(F)F)c(Cl)c1)c1ccncc1. The van der Waals surface area contributed by atoms with Crippen molar-refractivity contribution < 1.29 is 32.6 Å². The quantitative estimate of drug-likeness (QED) is 0.306. The molecule has 0 saturated heterocycles. The third-order valence-corrected chi connectivity index (χ3v) is 5.57. The number of carbonyl (C=O) groups excluding carboxylic acids is 2. The molecule has 0 aliphatic heterocycles. The number of aromatic nitrogens is 2. The molecule has 13 heteroatoms. The lowest BCUT2D eigenvalue weighted by atomic mass is 10.2. The molecule has 3 N–H and O–H groups in total. The molecule has 2 aromatic heterocycles. The van der Waals surface area contributed by atoms with Gasteiger partial charge in [-0.15, -0.1) is 13.2 Å². The van der Waals surface area contributed by atoms with Crippen molar-refractivity contribution in [1.82, 2.24) is 15.3 Å². The molecule has 3 rings (SSSR count). The lowest BCUT2D eigenvalue weighted by molar-refractivity contribution is -0.274. The topological polar surface area (TPSA) is 113 Å². The fraction of sp³-hybridized carbons (Fsp3) is 0.143. The summed E-state index contributed by atoms with van der Waals surface area (Å²) in [5.74, 6) is -1.85. The summed E-state index contributed by atoms with van der Waals surface area (Å²) in [6, 6.07) is 9.63. The molecular formula is C21H16ClF3N4O4S. The molecule has 0 radical (unpaired) electrons. The maximum atomic E-state index is 12.9. The average Bonchev–Trinajstić information content (AvgIpc) is 2.80. The van der Waals surface area contributed by atoms with Gasteiger partial charge in [0.05, 0.1) is 10.6 Å². The van der Waals surface area contributed by atoms with Gasteiger partial charge < -0.3 is 20.5 Å². The third-order valence-electron chi connectivity index (χ3n) is 4.11. The van der Waals surface area contributed by atoms with E-state index in [0.29, 0.717) is 5.56 Å². The Morgan fingerprint density at radius 3 is 2.53 bits per heavy atom. The number of aliphatic hydroxyl groups excluding tert-OH is 1. The van der Waals surface area contributed by atoms with E-state index in [-0.39, 0.29) is 21.3 Å². The van der Waals surface area contributed by atoms with Gasteiger partial charge in [0.1, 0.15) is 22.8 Å². The van der Waals surface area contributed by atoms with E-state index in [1.54, 1.807) is 12.1 Å². The van der Waals surface area contributed by atoms with Gasteiger partial charge in [-0.05, 0) is 48.0 Å². The highest BCUT2D eigenvalue weighted by atomic mass is 35.5. The Balaban J connectivity index is 1.82. The zero-order valence-corrected chi connectivity index (χ0v) is 18.6. The Bertz CT molecular complexity index is 1170. The minimum atomic E-state index is -4.91. The smallest absolute Gasteiger partial charge is 0.404 e. The van der Waals surface area contributed by atoms with Gasteiger partial charge in [-0.25, -0.2) is 4.98 Å². The standard InChI is InChI=1S/C21H16ClF3N4O4S/c22-15-10-13(3-4-16(15)33-21(23,24)25)28-18(32)14-2-1-7-27-20(14)34-19(29-17(31)11-30)12-5-8-26-9-6-12/h1-10,19,30H,11H2,(H,28,32)(H,29,31). The van der Waals surface area contributed by atoms with Crippen molar-refractivity contribution in [3.63, 3.8) is 0 Å². The number of thioether (sulfide) groups is 1. The van der Waals surface area contributed by atoms with Crippen molar-refractivity contribution in [3.8, 4) is 5.75 Å². The predicted molar refractivity (Wildman–Crippen MR) is 118 cm³/mol. The zero-order valence-electron chi connectivity index (χ0n) is 17.0. The summed E-state index contributed by atoms with van der Waals surface area (Å²) in [7, 11) is 0. The van der Waals surface area contributed by atoms with Crippen LogP contribution < -0.4 is 15.4 Å². The van der Waals surface area contributed by atoms with E-state index in [4.69, 9.17) is 16.7 Å². The number of nitrogens with zero attached hydrogens (tertiary/aromatic N) is 2. The molecule has 8 nitrogen and oxygen atoms in total. The molecule has 3 aromatic rings. The lowest BCUT2D eigenvalue weighted by Crippen LogP contribution is -2.29. The number of rotatable bonds is 8. The number of nitrogens with one attached hydrogen (secondary N) is 2. The Hall–Kier alpha value is -3.35. The van der Waals surface area contributed by atoms with Crippen LogP contribution in [0.25, 0.3) is 0 Å². The van der Waals surface area contributed by atoms with Gasteiger partial charge in [-0.2, -0.15) is 0 Å². The summed E-state index contributed by atoms with van der Waals surface area (Å²) in [6.07, 6.45) is -0.407. The first-order valence-electron chi connectivity index (χ1n) is 9.44. The van der Waals surface area contributed by atoms with Crippen LogP contribution >= 0.6 is 23.4 Å². The fourth-order valence-corrected chi connectivity index (χ4v) is 4.00. The summed E-state index contributed by atoms with van der Waals surface area (Å²) >= 11 is 6.89. The molecule has 1 atom stereocenters. The Morgan fingerprint density at radius 2 is 1.88 bits per heavy atom. The first-order valence-corrected chi connectivity index (χ1v) is 10.7. The Kier molecular flexibility index (Phi) is 8.31. The second-order valence-corrected chi connectivity index (χ2v) is 8.01. The van der Waals surface area contributed by atoms with Gasteiger partial charge in [-0.3, -0.25) is 14.6 Å². The van der Waals surface area contributed by atoms with Crippen LogP contribution in [0.15, 0.2) is 66.1 Å². The number of benzene rings is 1. The average molecular weight is 513 g/mol. The summed E-state index contributed by atoms with van der Waals surface area (Å²) < 4.78 is 41.1. The number of hydrogen-bond donors (Lipinski definition) is 3. The molecule has 2 heterocycles.